The van der Waals surface area contributed by atoms with Crippen molar-refractivity contribution in [3.8, 4) is 0 Å². The monoisotopic (exact) mass is 185 g/mol. The second-order valence-electron chi connectivity index (χ2n) is 4.17. The van der Waals surface area contributed by atoms with Crippen LogP contribution in [0.25, 0.3) is 0 Å². The molecule has 0 radical (unpaired) electrons. The number of aliphatic hydroxyl groups excluding tert-OH is 1. The van der Waals surface area contributed by atoms with Crippen LogP contribution in [0.1, 0.15) is 12.8 Å². The molecule has 1 atom stereocenters. The Morgan fingerprint density at radius 3 is 2.31 bits per heavy atom. The number of carbonyl (C=O) groups is 1. The SMILES string of the molecule is O=C(O)C1(CO)CN2CCC1CC2. The third kappa shape index (κ3) is 1.16. The lowest BCUT2D eigenvalue weighted by Gasteiger charge is -2.50. The van der Waals surface area contributed by atoms with E-state index in [0.717, 1.165) is 25.9 Å². The van der Waals surface area contributed by atoms with E-state index in [1.54, 1.807) is 0 Å². The Labute approximate surface area is 77.2 Å². The van der Waals surface area contributed by atoms with Crippen LogP contribution in [0, 0.1) is 11.3 Å². The van der Waals surface area contributed by atoms with E-state index in [2.05, 4.69) is 4.90 Å². The molecule has 0 aliphatic carbocycles. The zero-order chi connectivity index (χ0) is 9.47. The first-order valence-corrected chi connectivity index (χ1v) is 4.75. The maximum atomic E-state index is 11.1. The van der Waals surface area contributed by atoms with Crippen LogP contribution in [-0.2, 0) is 4.79 Å². The van der Waals surface area contributed by atoms with E-state index >= 15 is 0 Å². The summed E-state index contributed by atoms with van der Waals surface area (Å²) in [5.74, 6) is -0.649. The Morgan fingerprint density at radius 2 is 2.08 bits per heavy atom. The summed E-state index contributed by atoms with van der Waals surface area (Å²) >= 11 is 0. The Morgan fingerprint density at radius 1 is 1.46 bits per heavy atom. The van der Waals surface area contributed by atoms with E-state index in [-0.39, 0.29) is 12.5 Å². The van der Waals surface area contributed by atoms with Gasteiger partial charge in [-0.25, -0.2) is 0 Å². The fourth-order valence-corrected chi connectivity index (χ4v) is 2.66. The standard InChI is InChI=1S/C9H15NO3/c11-6-9(8(12)13)5-10-3-1-7(9)2-4-10/h7,11H,1-6H2,(H,12,13). The predicted molar refractivity (Wildman–Crippen MR) is 46.3 cm³/mol. The predicted octanol–water partition coefficient (Wildman–Crippen LogP) is -0.225. The van der Waals surface area contributed by atoms with Gasteiger partial charge in [-0.3, -0.25) is 4.79 Å². The minimum atomic E-state index is -0.865. The van der Waals surface area contributed by atoms with Crippen molar-refractivity contribution in [3.63, 3.8) is 0 Å². The number of nitrogens with zero attached hydrogens (tertiary/aromatic N) is 1. The van der Waals surface area contributed by atoms with Gasteiger partial charge in [0.05, 0.1) is 6.61 Å². The highest BCUT2D eigenvalue weighted by Crippen LogP contribution is 2.41. The smallest absolute Gasteiger partial charge is 0.313 e. The Balaban J connectivity index is 2.25. The van der Waals surface area contributed by atoms with E-state index in [0.29, 0.717) is 6.54 Å². The van der Waals surface area contributed by atoms with Gasteiger partial charge in [-0.2, -0.15) is 0 Å². The van der Waals surface area contributed by atoms with Crippen LogP contribution >= 0.6 is 0 Å². The summed E-state index contributed by atoms with van der Waals surface area (Å²) in [4.78, 5) is 13.3. The third-order valence-electron chi connectivity index (χ3n) is 3.58. The fraction of sp³-hybridized carbons (Fsp3) is 0.889. The molecule has 3 aliphatic rings. The zero-order valence-electron chi connectivity index (χ0n) is 7.57. The van der Waals surface area contributed by atoms with Gasteiger partial charge in [0, 0.05) is 6.54 Å². The minimum absolute atomic E-state index is 0.181. The summed E-state index contributed by atoms with van der Waals surface area (Å²) in [5, 5.41) is 18.4. The first kappa shape index (κ1) is 8.97. The van der Waals surface area contributed by atoms with Gasteiger partial charge in [-0.05, 0) is 31.8 Å². The summed E-state index contributed by atoms with van der Waals surface area (Å²) in [6.45, 7) is 2.31. The lowest BCUT2D eigenvalue weighted by molar-refractivity contribution is -0.167. The van der Waals surface area contributed by atoms with Crippen LogP contribution in [0.3, 0.4) is 0 Å². The molecule has 3 rings (SSSR count). The first-order chi connectivity index (χ1) is 6.19. The van der Waals surface area contributed by atoms with Gasteiger partial charge in [0.25, 0.3) is 0 Å². The highest BCUT2D eigenvalue weighted by Gasteiger charge is 2.51. The first-order valence-electron chi connectivity index (χ1n) is 4.75. The van der Waals surface area contributed by atoms with Crippen molar-refractivity contribution in [2.24, 2.45) is 11.3 Å². The number of rotatable bonds is 2. The number of carboxylic acids is 1. The summed E-state index contributed by atoms with van der Waals surface area (Å²) in [6, 6.07) is 0. The molecular weight excluding hydrogens is 170 g/mol. The molecule has 3 saturated heterocycles. The molecule has 4 nitrogen and oxygen atoms in total. The van der Waals surface area contributed by atoms with E-state index in [9.17, 15) is 9.90 Å². The van der Waals surface area contributed by atoms with Gasteiger partial charge in [0.1, 0.15) is 5.41 Å². The van der Waals surface area contributed by atoms with Crippen molar-refractivity contribution in [1.82, 2.24) is 4.90 Å². The van der Waals surface area contributed by atoms with Crippen molar-refractivity contribution < 1.29 is 15.0 Å². The lowest BCUT2D eigenvalue weighted by atomic mass is 9.67. The Hall–Kier alpha value is -0.610. The molecule has 0 saturated carbocycles. The minimum Gasteiger partial charge on any atom is -0.481 e. The van der Waals surface area contributed by atoms with Crippen molar-refractivity contribution >= 4 is 5.97 Å². The molecule has 0 aromatic rings. The average Bonchev–Trinajstić information content (AvgIpc) is 2.19. The van der Waals surface area contributed by atoms with Gasteiger partial charge < -0.3 is 15.1 Å². The van der Waals surface area contributed by atoms with Crippen molar-refractivity contribution in [3.05, 3.63) is 0 Å². The zero-order valence-corrected chi connectivity index (χ0v) is 7.57. The van der Waals surface area contributed by atoms with E-state index < -0.39 is 11.4 Å². The number of carboxylic acid groups (broad SMARTS) is 1. The maximum absolute atomic E-state index is 11.1. The Kier molecular flexibility index (Phi) is 2.04. The van der Waals surface area contributed by atoms with Gasteiger partial charge >= 0.3 is 5.97 Å². The highest BCUT2D eigenvalue weighted by atomic mass is 16.4. The number of aliphatic hydroxyl groups is 1. The van der Waals surface area contributed by atoms with Crippen molar-refractivity contribution in [2.45, 2.75) is 12.8 Å². The van der Waals surface area contributed by atoms with Crippen molar-refractivity contribution in [1.29, 1.82) is 0 Å². The molecule has 13 heavy (non-hydrogen) atoms. The highest BCUT2D eigenvalue weighted by molar-refractivity contribution is 5.76. The molecule has 0 aromatic heterocycles. The van der Waals surface area contributed by atoms with Crippen LogP contribution < -0.4 is 0 Å². The van der Waals surface area contributed by atoms with Gasteiger partial charge in [0.2, 0.25) is 0 Å². The fourth-order valence-electron chi connectivity index (χ4n) is 2.66. The second kappa shape index (κ2) is 2.96. The molecular formula is C9H15NO3. The van der Waals surface area contributed by atoms with Crippen LogP contribution in [0.15, 0.2) is 0 Å². The molecule has 0 spiro atoms. The molecule has 0 aromatic carbocycles. The Bertz CT molecular complexity index is 223. The summed E-state index contributed by atoms with van der Waals surface area (Å²) in [7, 11) is 0. The quantitative estimate of drug-likeness (QED) is 0.624. The van der Waals surface area contributed by atoms with Crippen molar-refractivity contribution in [2.75, 3.05) is 26.2 Å². The summed E-state index contributed by atoms with van der Waals surface area (Å²) in [5.41, 5.74) is -0.865. The number of hydrogen-bond donors (Lipinski definition) is 2. The van der Waals surface area contributed by atoms with Gasteiger partial charge in [-0.1, -0.05) is 0 Å². The van der Waals surface area contributed by atoms with E-state index in [1.807, 2.05) is 0 Å². The van der Waals surface area contributed by atoms with Gasteiger partial charge in [-0.15, -0.1) is 0 Å². The number of piperidine rings is 3. The molecule has 0 amide bonds. The summed E-state index contributed by atoms with van der Waals surface area (Å²) < 4.78 is 0. The second-order valence-corrected chi connectivity index (χ2v) is 4.17. The molecule has 3 heterocycles. The maximum Gasteiger partial charge on any atom is 0.313 e. The number of hydrogen-bond acceptors (Lipinski definition) is 3. The van der Waals surface area contributed by atoms with Gasteiger partial charge in [0.15, 0.2) is 0 Å². The molecule has 74 valence electrons. The molecule has 4 heteroatoms. The lowest BCUT2D eigenvalue weighted by Crippen LogP contribution is -2.59. The average molecular weight is 185 g/mol. The normalized spacial score (nSPS) is 43.5. The number of fused-ring (bicyclic) bond motifs is 3. The van der Waals surface area contributed by atoms with E-state index in [4.69, 9.17) is 5.11 Å². The van der Waals surface area contributed by atoms with Crippen LogP contribution in [0.5, 0.6) is 0 Å². The van der Waals surface area contributed by atoms with Crippen LogP contribution in [0.4, 0.5) is 0 Å². The number of aliphatic carboxylic acids is 1. The molecule has 2 bridgehead atoms. The van der Waals surface area contributed by atoms with E-state index in [1.165, 1.54) is 0 Å². The topological polar surface area (TPSA) is 60.8 Å². The largest absolute Gasteiger partial charge is 0.481 e. The molecule has 1 unspecified atom stereocenters. The molecule has 3 aliphatic heterocycles. The third-order valence-corrected chi connectivity index (χ3v) is 3.58. The molecule has 3 fully saturated rings. The summed E-state index contributed by atoms with van der Waals surface area (Å²) in [6.07, 6.45) is 1.85. The van der Waals surface area contributed by atoms with Crippen LogP contribution in [0.2, 0.25) is 0 Å². The molecule has 2 N–H and O–H groups in total. The van der Waals surface area contributed by atoms with Crippen LogP contribution in [-0.4, -0.2) is 47.3 Å².